The minimum atomic E-state index is -0.313. The third-order valence-electron chi connectivity index (χ3n) is 5.07. The average Bonchev–Trinajstić information content (AvgIpc) is 2.63. The van der Waals surface area contributed by atoms with Gasteiger partial charge in [-0.15, -0.1) is 0 Å². The number of nitrogens with two attached hydrogens (primary N) is 1. The van der Waals surface area contributed by atoms with Gasteiger partial charge in [-0.2, -0.15) is 0 Å². The smallest absolute Gasteiger partial charge is 0.336 e. The van der Waals surface area contributed by atoms with E-state index in [0.717, 1.165) is 36.0 Å². The quantitative estimate of drug-likeness (QED) is 0.606. The molecule has 4 nitrogen and oxygen atoms in total. The van der Waals surface area contributed by atoms with Gasteiger partial charge in [0.2, 0.25) is 0 Å². The van der Waals surface area contributed by atoms with Crippen LogP contribution in [0.5, 0.6) is 0 Å². The molecule has 0 aliphatic heterocycles. The van der Waals surface area contributed by atoms with E-state index in [1.54, 1.807) is 6.07 Å². The van der Waals surface area contributed by atoms with Gasteiger partial charge >= 0.3 is 5.63 Å². The maximum atomic E-state index is 11.9. The Kier molecular flexibility index (Phi) is 6.32. The first-order valence-corrected chi connectivity index (χ1v) is 9.70. The molecule has 3 N–H and O–H groups in total. The highest BCUT2D eigenvalue weighted by atomic mass is 35.5. The Balaban J connectivity index is 1.73. The van der Waals surface area contributed by atoms with Crippen LogP contribution in [-0.2, 0) is 13.0 Å². The lowest BCUT2D eigenvalue weighted by Gasteiger charge is -2.20. The highest BCUT2D eigenvalue weighted by Gasteiger charge is 2.18. The molecule has 1 heterocycles. The second-order valence-corrected chi connectivity index (χ2v) is 7.79. The third kappa shape index (κ3) is 4.98. The summed E-state index contributed by atoms with van der Waals surface area (Å²) in [5.74, 6) is 0. The molecule has 0 aliphatic rings. The monoisotopic (exact) mass is 386 g/mol. The van der Waals surface area contributed by atoms with E-state index in [4.69, 9.17) is 16.0 Å². The molecule has 3 aromatic rings. The van der Waals surface area contributed by atoms with Crippen LogP contribution in [0.1, 0.15) is 16.7 Å². The van der Waals surface area contributed by atoms with Gasteiger partial charge in [-0.25, -0.2) is 4.79 Å². The van der Waals surface area contributed by atoms with E-state index < -0.39 is 0 Å². The SMILES string of the molecule is Cc1cc2oc(=O)cc(C[NH2+]C[C@@H](Cc3ccccc3)[NH+](C)C)c2cc1Cl. The molecule has 0 saturated heterocycles. The molecule has 2 aromatic carbocycles. The summed E-state index contributed by atoms with van der Waals surface area (Å²) in [7, 11) is 4.38. The molecule has 5 heteroatoms. The van der Waals surface area contributed by atoms with Crippen molar-refractivity contribution in [2.24, 2.45) is 0 Å². The number of likely N-dealkylation sites (N-methyl/N-ethyl adjacent to an activating group) is 1. The Morgan fingerprint density at radius 3 is 2.59 bits per heavy atom. The minimum absolute atomic E-state index is 0.313. The molecule has 0 fully saturated rings. The van der Waals surface area contributed by atoms with E-state index in [1.807, 2.05) is 25.1 Å². The van der Waals surface area contributed by atoms with Crippen molar-refractivity contribution in [1.29, 1.82) is 0 Å². The van der Waals surface area contributed by atoms with Gasteiger partial charge in [0.05, 0.1) is 14.1 Å². The van der Waals surface area contributed by atoms with Crippen LogP contribution >= 0.6 is 11.6 Å². The Hall–Kier alpha value is -2.14. The number of hydrogen-bond acceptors (Lipinski definition) is 2. The highest BCUT2D eigenvalue weighted by molar-refractivity contribution is 6.32. The molecular weight excluding hydrogens is 360 g/mol. The van der Waals surface area contributed by atoms with Crippen molar-refractivity contribution in [2.75, 3.05) is 20.6 Å². The Bertz CT molecular complexity index is 967. The predicted molar refractivity (Wildman–Crippen MR) is 109 cm³/mol. The summed E-state index contributed by atoms with van der Waals surface area (Å²) in [4.78, 5) is 13.4. The number of quaternary nitrogens is 2. The van der Waals surface area contributed by atoms with Gasteiger partial charge in [0.15, 0.2) is 0 Å². The number of hydrogen-bond donors (Lipinski definition) is 2. The van der Waals surface area contributed by atoms with Crippen molar-refractivity contribution in [2.45, 2.75) is 25.9 Å². The second-order valence-electron chi connectivity index (χ2n) is 7.38. The fourth-order valence-corrected chi connectivity index (χ4v) is 3.54. The summed E-state index contributed by atoms with van der Waals surface area (Å²) in [6.07, 6.45) is 1.03. The van der Waals surface area contributed by atoms with Crippen molar-refractivity contribution < 1.29 is 14.6 Å². The fraction of sp³-hybridized carbons (Fsp3) is 0.318. The van der Waals surface area contributed by atoms with Gasteiger partial charge < -0.3 is 14.6 Å². The molecule has 0 aliphatic carbocycles. The summed E-state index contributed by atoms with van der Waals surface area (Å²) in [5.41, 5.74) is 3.52. The summed E-state index contributed by atoms with van der Waals surface area (Å²) >= 11 is 6.28. The van der Waals surface area contributed by atoms with Gasteiger partial charge in [0, 0.05) is 28.5 Å². The van der Waals surface area contributed by atoms with Crippen LogP contribution < -0.4 is 15.8 Å². The standard InChI is InChI=1S/C22H25ClN2O2/c1-15-9-21-19(12-20(15)23)17(11-22(26)27-21)13-24-14-18(25(2)3)10-16-7-5-4-6-8-16/h4-9,11-12,18,24H,10,13-14H2,1-3H3/p+2/t18-/m1/s1. The first-order chi connectivity index (χ1) is 12.9. The molecule has 1 atom stereocenters. The van der Waals surface area contributed by atoms with Gasteiger partial charge in [0.1, 0.15) is 24.7 Å². The number of nitrogens with one attached hydrogen (secondary N) is 1. The fourth-order valence-electron chi connectivity index (χ4n) is 3.38. The number of halogens is 1. The lowest BCUT2D eigenvalue weighted by atomic mass is 10.0. The van der Waals surface area contributed by atoms with Crippen LogP contribution in [0, 0.1) is 6.92 Å². The topological polar surface area (TPSA) is 51.3 Å². The molecule has 0 unspecified atom stereocenters. The molecule has 0 amide bonds. The first kappa shape index (κ1) is 19.6. The summed E-state index contributed by atoms with van der Waals surface area (Å²) < 4.78 is 5.35. The summed E-state index contributed by atoms with van der Waals surface area (Å²) in [5, 5.41) is 3.87. The van der Waals surface area contributed by atoms with Crippen LogP contribution in [0.25, 0.3) is 11.0 Å². The van der Waals surface area contributed by atoms with E-state index in [2.05, 4.69) is 43.7 Å². The predicted octanol–water partition coefficient (Wildman–Crippen LogP) is 1.57. The zero-order valence-electron chi connectivity index (χ0n) is 16.1. The molecule has 3 rings (SSSR count). The van der Waals surface area contributed by atoms with Crippen LogP contribution in [-0.4, -0.2) is 26.7 Å². The van der Waals surface area contributed by atoms with E-state index in [1.165, 1.54) is 10.5 Å². The number of aryl methyl sites for hydroxylation is 1. The van der Waals surface area contributed by atoms with Crippen molar-refractivity contribution in [1.82, 2.24) is 0 Å². The minimum Gasteiger partial charge on any atom is -0.423 e. The number of benzene rings is 2. The summed E-state index contributed by atoms with van der Waals surface area (Å²) in [6.45, 7) is 3.60. The summed E-state index contributed by atoms with van der Waals surface area (Å²) in [6, 6.07) is 16.4. The molecule has 1 aromatic heterocycles. The number of rotatable bonds is 7. The molecule has 0 spiro atoms. The average molecular weight is 387 g/mol. The maximum absolute atomic E-state index is 11.9. The van der Waals surface area contributed by atoms with Crippen LogP contribution in [0.3, 0.4) is 0 Å². The van der Waals surface area contributed by atoms with Crippen LogP contribution in [0.15, 0.2) is 57.7 Å². The van der Waals surface area contributed by atoms with Gasteiger partial charge in [-0.1, -0.05) is 41.9 Å². The molecule has 27 heavy (non-hydrogen) atoms. The van der Waals surface area contributed by atoms with E-state index in [0.29, 0.717) is 16.6 Å². The van der Waals surface area contributed by atoms with Gasteiger partial charge in [-0.3, -0.25) is 0 Å². The van der Waals surface area contributed by atoms with Crippen molar-refractivity contribution in [3.05, 3.63) is 80.7 Å². The largest absolute Gasteiger partial charge is 0.423 e. The van der Waals surface area contributed by atoms with Gasteiger partial charge in [-0.05, 0) is 30.2 Å². The second kappa shape index (κ2) is 8.70. The molecule has 142 valence electrons. The third-order valence-corrected chi connectivity index (χ3v) is 5.47. The lowest BCUT2D eigenvalue weighted by molar-refractivity contribution is -0.903. The Labute approximate surface area is 164 Å². The lowest BCUT2D eigenvalue weighted by Crippen LogP contribution is -3.14. The van der Waals surface area contributed by atoms with E-state index >= 15 is 0 Å². The molecule has 0 saturated carbocycles. The van der Waals surface area contributed by atoms with E-state index in [-0.39, 0.29) is 5.63 Å². The Morgan fingerprint density at radius 1 is 1.15 bits per heavy atom. The zero-order valence-corrected chi connectivity index (χ0v) is 16.8. The van der Waals surface area contributed by atoms with E-state index in [9.17, 15) is 4.79 Å². The van der Waals surface area contributed by atoms with Gasteiger partial charge in [0.25, 0.3) is 0 Å². The van der Waals surface area contributed by atoms with Crippen molar-refractivity contribution in [3.8, 4) is 0 Å². The van der Waals surface area contributed by atoms with Crippen molar-refractivity contribution >= 4 is 22.6 Å². The Morgan fingerprint density at radius 2 is 1.89 bits per heavy atom. The van der Waals surface area contributed by atoms with Crippen LogP contribution in [0.2, 0.25) is 5.02 Å². The molecular formula is C22H27ClN2O2+2. The number of fused-ring (bicyclic) bond motifs is 1. The normalized spacial score (nSPS) is 12.6. The first-order valence-electron chi connectivity index (χ1n) is 9.32. The van der Waals surface area contributed by atoms with Crippen molar-refractivity contribution in [3.63, 3.8) is 0 Å². The molecule has 0 bridgehead atoms. The van der Waals surface area contributed by atoms with Crippen LogP contribution in [0.4, 0.5) is 0 Å². The zero-order chi connectivity index (χ0) is 19.4. The molecule has 0 radical (unpaired) electrons. The maximum Gasteiger partial charge on any atom is 0.336 e. The highest BCUT2D eigenvalue weighted by Crippen LogP contribution is 2.24.